The van der Waals surface area contributed by atoms with Gasteiger partial charge in [0.25, 0.3) is 5.91 Å². The molecular formula is C17H16ClNO4. The van der Waals surface area contributed by atoms with Gasteiger partial charge in [0, 0.05) is 0 Å². The minimum absolute atomic E-state index is 0.137. The van der Waals surface area contributed by atoms with Gasteiger partial charge in [0.05, 0.1) is 24.2 Å². The molecule has 0 atom stereocenters. The van der Waals surface area contributed by atoms with Crippen LogP contribution in [0.3, 0.4) is 0 Å². The lowest BCUT2D eigenvalue weighted by atomic mass is 10.1. The summed E-state index contributed by atoms with van der Waals surface area (Å²) in [6, 6.07) is 13.9. The van der Waals surface area contributed by atoms with Crippen LogP contribution in [0.1, 0.15) is 5.56 Å². The Bertz CT molecular complexity index is 685. The second-order valence-electron chi connectivity index (χ2n) is 4.71. The zero-order valence-corrected chi connectivity index (χ0v) is 13.3. The van der Waals surface area contributed by atoms with E-state index in [1.54, 1.807) is 48.5 Å². The van der Waals surface area contributed by atoms with Crippen molar-refractivity contribution in [3.63, 3.8) is 0 Å². The lowest BCUT2D eigenvalue weighted by Crippen LogP contribution is -2.20. The number of carbonyl (C=O) groups excluding carboxylic acids is 2. The number of carbonyl (C=O) groups is 2. The first kappa shape index (κ1) is 16.8. The molecule has 2 aromatic rings. The molecular weight excluding hydrogens is 318 g/mol. The van der Waals surface area contributed by atoms with E-state index in [0.717, 1.165) is 5.56 Å². The van der Waals surface area contributed by atoms with Crippen molar-refractivity contribution < 1.29 is 19.1 Å². The smallest absolute Gasteiger partial charge is 0.309 e. The lowest BCUT2D eigenvalue weighted by molar-refractivity contribution is -0.139. The number of hydrogen-bond acceptors (Lipinski definition) is 4. The van der Waals surface area contributed by atoms with E-state index in [0.29, 0.717) is 16.5 Å². The minimum atomic E-state index is -0.309. The van der Waals surface area contributed by atoms with E-state index in [1.807, 2.05) is 0 Å². The highest BCUT2D eigenvalue weighted by Gasteiger charge is 2.07. The number of amides is 1. The van der Waals surface area contributed by atoms with E-state index in [9.17, 15) is 9.59 Å². The molecule has 0 aliphatic carbocycles. The summed E-state index contributed by atoms with van der Waals surface area (Å²) in [7, 11) is 1.34. The fourth-order valence-electron chi connectivity index (χ4n) is 1.84. The van der Waals surface area contributed by atoms with Crippen LogP contribution in [0.2, 0.25) is 5.02 Å². The third kappa shape index (κ3) is 5.30. The lowest BCUT2D eigenvalue weighted by Gasteiger charge is -2.09. The van der Waals surface area contributed by atoms with Crippen LogP contribution in [0.5, 0.6) is 5.75 Å². The zero-order valence-electron chi connectivity index (χ0n) is 12.5. The van der Waals surface area contributed by atoms with Gasteiger partial charge in [-0.1, -0.05) is 35.9 Å². The van der Waals surface area contributed by atoms with Gasteiger partial charge < -0.3 is 14.8 Å². The van der Waals surface area contributed by atoms with Gasteiger partial charge in [0.1, 0.15) is 5.75 Å². The number of ether oxygens (including phenoxy) is 2. The van der Waals surface area contributed by atoms with Gasteiger partial charge in [-0.25, -0.2) is 0 Å². The number of methoxy groups -OCH3 is 1. The highest BCUT2D eigenvalue weighted by atomic mass is 35.5. The molecule has 0 aliphatic rings. The van der Waals surface area contributed by atoms with Crippen LogP contribution in [0.15, 0.2) is 48.5 Å². The van der Waals surface area contributed by atoms with Gasteiger partial charge in [-0.3, -0.25) is 9.59 Å². The monoisotopic (exact) mass is 333 g/mol. The van der Waals surface area contributed by atoms with Crippen molar-refractivity contribution in [1.82, 2.24) is 0 Å². The topological polar surface area (TPSA) is 64.6 Å². The van der Waals surface area contributed by atoms with Crippen LogP contribution in [0.4, 0.5) is 5.69 Å². The predicted octanol–water partition coefficient (Wildman–Crippen LogP) is 3.07. The molecule has 1 N–H and O–H groups in total. The first-order chi connectivity index (χ1) is 11.1. The molecule has 2 aromatic carbocycles. The van der Waals surface area contributed by atoms with E-state index < -0.39 is 0 Å². The maximum absolute atomic E-state index is 11.8. The van der Waals surface area contributed by atoms with Crippen LogP contribution in [-0.2, 0) is 20.7 Å². The number of halogens is 1. The number of nitrogens with one attached hydrogen (secondary N) is 1. The van der Waals surface area contributed by atoms with Crippen molar-refractivity contribution >= 4 is 29.2 Å². The second kappa shape index (κ2) is 8.19. The molecule has 0 bridgehead atoms. The molecule has 0 radical (unpaired) electrons. The molecule has 0 aromatic heterocycles. The van der Waals surface area contributed by atoms with Gasteiger partial charge in [0.2, 0.25) is 0 Å². The Labute approximate surface area is 139 Å². The summed E-state index contributed by atoms with van der Waals surface area (Å²) in [5.41, 5.74) is 1.35. The van der Waals surface area contributed by atoms with Crippen LogP contribution in [-0.4, -0.2) is 25.6 Å². The zero-order chi connectivity index (χ0) is 16.7. The van der Waals surface area contributed by atoms with Crippen molar-refractivity contribution in [3.8, 4) is 5.75 Å². The van der Waals surface area contributed by atoms with Crippen molar-refractivity contribution in [3.05, 3.63) is 59.1 Å². The van der Waals surface area contributed by atoms with Gasteiger partial charge in [0.15, 0.2) is 6.61 Å². The third-order valence-corrected chi connectivity index (χ3v) is 3.35. The fourth-order valence-corrected chi connectivity index (χ4v) is 2.02. The maximum atomic E-state index is 11.8. The first-order valence-electron chi connectivity index (χ1n) is 6.91. The van der Waals surface area contributed by atoms with E-state index in [2.05, 4.69) is 10.1 Å². The highest BCUT2D eigenvalue weighted by molar-refractivity contribution is 6.33. The number of esters is 1. The Kier molecular flexibility index (Phi) is 6.00. The molecule has 23 heavy (non-hydrogen) atoms. The molecule has 0 spiro atoms. The summed E-state index contributed by atoms with van der Waals surface area (Å²) in [6.07, 6.45) is 0.198. The number of anilines is 1. The third-order valence-electron chi connectivity index (χ3n) is 3.02. The Hall–Kier alpha value is -2.53. The van der Waals surface area contributed by atoms with E-state index in [4.69, 9.17) is 16.3 Å². The Morgan fingerprint density at radius 3 is 2.43 bits per heavy atom. The van der Waals surface area contributed by atoms with Crippen molar-refractivity contribution in [2.45, 2.75) is 6.42 Å². The van der Waals surface area contributed by atoms with Crippen molar-refractivity contribution in [1.29, 1.82) is 0 Å². The molecule has 0 unspecified atom stereocenters. The Morgan fingerprint density at radius 2 is 1.78 bits per heavy atom. The second-order valence-corrected chi connectivity index (χ2v) is 5.12. The molecule has 120 valence electrons. The summed E-state index contributed by atoms with van der Waals surface area (Å²) in [5, 5.41) is 3.13. The number of benzene rings is 2. The molecule has 0 aliphatic heterocycles. The maximum Gasteiger partial charge on any atom is 0.309 e. The molecule has 0 heterocycles. The minimum Gasteiger partial charge on any atom is -0.484 e. The standard InChI is InChI=1S/C17H16ClNO4/c1-22-17(21)10-12-6-8-13(9-7-12)23-11-16(20)19-15-5-3-2-4-14(15)18/h2-9H,10-11H2,1H3,(H,19,20). The molecule has 1 amide bonds. The Balaban J connectivity index is 1.84. The average molecular weight is 334 g/mol. The normalized spacial score (nSPS) is 10.0. The quantitative estimate of drug-likeness (QED) is 0.825. The number of hydrogen-bond donors (Lipinski definition) is 1. The van der Waals surface area contributed by atoms with Crippen molar-refractivity contribution in [2.75, 3.05) is 19.0 Å². The van der Waals surface area contributed by atoms with Gasteiger partial charge in [-0.2, -0.15) is 0 Å². The molecule has 0 saturated carbocycles. The van der Waals surface area contributed by atoms with Crippen molar-refractivity contribution in [2.24, 2.45) is 0 Å². The molecule has 0 saturated heterocycles. The largest absolute Gasteiger partial charge is 0.484 e. The predicted molar refractivity (Wildman–Crippen MR) is 87.7 cm³/mol. The van der Waals surface area contributed by atoms with Crippen LogP contribution < -0.4 is 10.1 Å². The van der Waals surface area contributed by atoms with E-state index in [1.165, 1.54) is 7.11 Å². The SMILES string of the molecule is COC(=O)Cc1ccc(OCC(=O)Nc2ccccc2Cl)cc1. The average Bonchev–Trinajstić information content (AvgIpc) is 2.56. The van der Waals surface area contributed by atoms with Crippen LogP contribution in [0, 0.1) is 0 Å². The highest BCUT2D eigenvalue weighted by Crippen LogP contribution is 2.20. The fraction of sp³-hybridized carbons (Fsp3) is 0.176. The molecule has 5 nitrogen and oxygen atoms in total. The summed E-state index contributed by atoms with van der Waals surface area (Å²) in [4.78, 5) is 23.0. The van der Waals surface area contributed by atoms with Gasteiger partial charge in [-0.05, 0) is 29.8 Å². The van der Waals surface area contributed by atoms with Gasteiger partial charge >= 0.3 is 5.97 Å². The molecule has 2 rings (SSSR count). The number of para-hydroxylation sites is 1. The summed E-state index contributed by atoms with van der Waals surface area (Å²) in [6.45, 7) is -0.137. The first-order valence-corrected chi connectivity index (χ1v) is 7.29. The summed E-state index contributed by atoms with van der Waals surface area (Å²) in [5.74, 6) is -0.0811. The number of rotatable bonds is 6. The summed E-state index contributed by atoms with van der Waals surface area (Å²) < 4.78 is 9.99. The molecule has 6 heteroatoms. The van der Waals surface area contributed by atoms with E-state index in [-0.39, 0.29) is 24.9 Å². The molecule has 0 fully saturated rings. The van der Waals surface area contributed by atoms with E-state index >= 15 is 0 Å². The summed E-state index contributed by atoms with van der Waals surface area (Å²) >= 11 is 5.96. The van der Waals surface area contributed by atoms with Gasteiger partial charge in [-0.15, -0.1) is 0 Å². The Morgan fingerprint density at radius 1 is 1.09 bits per heavy atom. The van der Waals surface area contributed by atoms with Crippen LogP contribution >= 0.6 is 11.6 Å². The van der Waals surface area contributed by atoms with Crippen LogP contribution in [0.25, 0.3) is 0 Å².